The Hall–Kier alpha value is -2.80. The van der Waals surface area contributed by atoms with E-state index in [4.69, 9.17) is 21.7 Å². The topological polar surface area (TPSA) is 62.8 Å². The normalized spacial score (nSPS) is 9.92. The van der Waals surface area contributed by atoms with Crippen LogP contribution in [0.1, 0.15) is 6.92 Å². The van der Waals surface area contributed by atoms with Crippen molar-refractivity contribution in [3.63, 3.8) is 0 Å². The number of hydrogen-bond donors (Lipinski definition) is 2. The second-order valence-electron chi connectivity index (χ2n) is 5.27. The van der Waals surface area contributed by atoms with Crippen LogP contribution in [0.2, 0.25) is 0 Å². The predicted octanol–water partition coefficient (Wildman–Crippen LogP) is 3.50. The molecule has 0 atom stereocenters. The maximum absolute atomic E-state index is 11.4. The molecule has 0 saturated carbocycles. The van der Waals surface area contributed by atoms with Crippen LogP contribution in [0.15, 0.2) is 42.5 Å². The molecule has 0 spiro atoms. The number of methoxy groups -OCH3 is 2. The van der Waals surface area contributed by atoms with E-state index in [0.29, 0.717) is 16.6 Å². The molecular weight excluding hydrogens is 338 g/mol. The Morgan fingerprint density at radius 2 is 1.72 bits per heavy atom. The molecular formula is C18H21N3O3S. The monoisotopic (exact) mass is 359 g/mol. The average Bonchev–Trinajstić information content (AvgIpc) is 2.61. The highest BCUT2D eigenvalue weighted by atomic mass is 32.1. The third kappa shape index (κ3) is 4.84. The van der Waals surface area contributed by atoms with Gasteiger partial charge in [0.05, 0.1) is 19.9 Å². The Bertz CT molecular complexity index is 763. The van der Waals surface area contributed by atoms with Gasteiger partial charge in [0.15, 0.2) is 5.11 Å². The number of hydrogen-bond acceptors (Lipinski definition) is 4. The number of ether oxygens (including phenoxy) is 2. The van der Waals surface area contributed by atoms with E-state index in [1.165, 1.54) is 6.92 Å². The summed E-state index contributed by atoms with van der Waals surface area (Å²) in [5, 5.41) is 6.61. The molecule has 0 aromatic heterocycles. The first kappa shape index (κ1) is 18.5. The molecule has 0 saturated heterocycles. The van der Waals surface area contributed by atoms with E-state index in [0.717, 1.165) is 17.1 Å². The van der Waals surface area contributed by atoms with Crippen molar-refractivity contribution >= 4 is 40.3 Å². The van der Waals surface area contributed by atoms with Crippen LogP contribution in [-0.4, -0.2) is 32.3 Å². The smallest absolute Gasteiger partial charge is 0.223 e. The van der Waals surface area contributed by atoms with Crippen molar-refractivity contribution in [2.24, 2.45) is 0 Å². The zero-order chi connectivity index (χ0) is 18.4. The summed E-state index contributed by atoms with van der Waals surface area (Å²) >= 11 is 5.34. The Labute approximate surface area is 152 Å². The number of carbonyl (C=O) groups is 1. The molecule has 2 rings (SSSR count). The van der Waals surface area contributed by atoms with Crippen molar-refractivity contribution in [3.8, 4) is 11.5 Å². The standard InChI is InChI=1S/C18H21N3O3S/c1-12(22)21(2)14-7-5-13(6-8-14)19-18(25)20-16-10-9-15(23-3)11-17(16)24-4/h5-11H,1-4H3,(H2,19,20,25). The van der Waals surface area contributed by atoms with E-state index in [1.54, 1.807) is 32.2 Å². The summed E-state index contributed by atoms with van der Waals surface area (Å²) in [6.07, 6.45) is 0. The number of benzene rings is 2. The first-order valence-corrected chi connectivity index (χ1v) is 8.00. The van der Waals surface area contributed by atoms with Crippen LogP contribution in [0.25, 0.3) is 0 Å². The number of nitrogens with zero attached hydrogens (tertiary/aromatic N) is 1. The van der Waals surface area contributed by atoms with E-state index in [9.17, 15) is 4.79 Å². The van der Waals surface area contributed by atoms with Gasteiger partial charge in [-0.05, 0) is 48.6 Å². The van der Waals surface area contributed by atoms with Crippen molar-refractivity contribution in [1.82, 2.24) is 0 Å². The number of thiocarbonyl (C=S) groups is 1. The lowest BCUT2D eigenvalue weighted by molar-refractivity contribution is -0.116. The van der Waals surface area contributed by atoms with E-state index in [2.05, 4.69) is 10.6 Å². The third-order valence-electron chi connectivity index (χ3n) is 3.64. The SMILES string of the molecule is COc1ccc(NC(=S)Nc2ccc(N(C)C(C)=O)cc2)c(OC)c1. The van der Waals surface area contributed by atoms with Crippen molar-refractivity contribution in [2.45, 2.75) is 6.92 Å². The number of rotatable bonds is 5. The molecule has 0 bridgehead atoms. The Balaban J connectivity index is 2.04. The molecule has 25 heavy (non-hydrogen) atoms. The lowest BCUT2D eigenvalue weighted by Gasteiger charge is -2.17. The minimum absolute atomic E-state index is 0.0236. The minimum Gasteiger partial charge on any atom is -0.497 e. The first-order valence-electron chi connectivity index (χ1n) is 7.59. The second-order valence-corrected chi connectivity index (χ2v) is 5.68. The third-order valence-corrected chi connectivity index (χ3v) is 3.85. The molecule has 0 fully saturated rings. The van der Waals surface area contributed by atoms with Gasteiger partial charge in [-0.2, -0.15) is 0 Å². The van der Waals surface area contributed by atoms with Crippen molar-refractivity contribution in [1.29, 1.82) is 0 Å². The minimum atomic E-state index is -0.0236. The molecule has 0 radical (unpaired) electrons. The molecule has 132 valence electrons. The highest BCUT2D eigenvalue weighted by Crippen LogP contribution is 2.29. The summed E-state index contributed by atoms with van der Waals surface area (Å²) in [5.74, 6) is 1.30. The van der Waals surface area contributed by atoms with Crippen LogP contribution < -0.4 is 25.0 Å². The van der Waals surface area contributed by atoms with Crippen LogP contribution >= 0.6 is 12.2 Å². The summed E-state index contributed by atoms with van der Waals surface area (Å²) in [5.41, 5.74) is 2.35. The Kier molecular flexibility index (Phi) is 6.19. The largest absolute Gasteiger partial charge is 0.497 e. The van der Waals surface area contributed by atoms with Crippen LogP contribution in [0.3, 0.4) is 0 Å². The van der Waals surface area contributed by atoms with Gasteiger partial charge in [-0.25, -0.2) is 0 Å². The Morgan fingerprint density at radius 3 is 2.28 bits per heavy atom. The molecule has 2 N–H and O–H groups in total. The first-order chi connectivity index (χ1) is 11.9. The molecule has 0 heterocycles. The van der Waals surface area contributed by atoms with Crippen LogP contribution in [-0.2, 0) is 4.79 Å². The molecule has 0 unspecified atom stereocenters. The maximum Gasteiger partial charge on any atom is 0.223 e. The van der Waals surface area contributed by atoms with E-state index < -0.39 is 0 Å². The van der Waals surface area contributed by atoms with Crippen molar-refractivity contribution in [2.75, 3.05) is 36.8 Å². The number of nitrogens with one attached hydrogen (secondary N) is 2. The quantitative estimate of drug-likeness (QED) is 0.797. The molecule has 7 heteroatoms. The van der Waals surface area contributed by atoms with Crippen LogP contribution in [0.5, 0.6) is 11.5 Å². The number of carbonyl (C=O) groups excluding carboxylic acids is 1. The van der Waals surface area contributed by atoms with Gasteiger partial charge < -0.3 is 25.0 Å². The summed E-state index contributed by atoms with van der Waals surface area (Å²) in [4.78, 5) is 12.9. The second kappa shape index (κ2) is 8.34. The highest BCUT2D eigenvalue weighted by molar-refractivity contribution is 7.80. The van der Waals surface area contributed by atoms with Crippen LogP contribution in [0.4, 0.5) is 17.1 Å². The number of amides is 1. The molecule has 0 aliphatic heterocycles. The zero-order valence-electron chi connectivity index (χ0n) is 14.6. The summed E-state index contributed by atoms with van der Waals surface area (Å²) in [6.45, 7) is 1.52. The average molecular weight is 359 g/mol. The highest BCUT2D eigenvalue weighted by Gasteiger charge is 2.08. The molecule has 2 aromatic rings. The zero-order valence-corrected chi connectivity index (χ0v) is 15.4. The fourth-order valence-corrected chi connectivity index (χ4v) is 2.36. The van der Waals surface area contributed by atoms with Crippen molar-refractivity contribution < 1.29 is 14.3 Å². The molecule has 0 aliphatic rings. The van der Waals surface area contributed by atoms with Gasteiger partial charge in [-0.1, -0.05) is 0 Å². The van der Waals surface area contributed by atoms with E-state index >= 15 is 0 Å². The lowest BCUT2D eigenvalue weighted by atomic mass is 10.2. The fourth-order valence-electron chi connectivity index (χ4n) is 2.14. The number of anilines is 3. The molecule has 1 amide bonds. The van der Waals surface area contributed by atoms with Gasteiger partial charge in [0.2, 0.25) is 5.91 Å². The fraction of sp³-hybridized carbons (Fsp3) is 0.222. The van der Waals surface area contributed by atoms with Gasteiger partial charge >= 0.3 is 0 Å². The summed E-state index contributed by atoms with van der Waals surface area (Å²) in [6, 6.07) is 12.8. The lowest BCUT2D eigenvalue weighted by Crippen LogP contribution is -2.23. The van der Waals surface area contributed by atoms with Crippen molar-refractivity contribution in [3.05, 3.63) is 42.5 Å². The Morgan fingerprint density at radius 1 is 1.04 bits per heavy atom. The van der Waals surface area contributed by atoms with Gasteiger partial charge in [-0.3, -0.25) is 4.79 Å². The molecule has 2 aromatic carbocycles. The molecule has 6 nitrogen and oxygen atoms in total. The maximum atomic E-state index is 11.4. The van der Waals surface area contributed by atoms with E-state index in [1.807, 2.05) is 36.4 Å². The van der Waals surface area contributed by atoms with Gasteiger partial charge in [0.1, 0.15) is 11.5 Å². The van der Waals surface area contributed by atoms with Gasteiger partial charge in [0, 0.05) is 31.4 Å². The molecule has 0 aliphatic carbocycles. The summed E-state index contributed by atoms with van der Waals surface area (Å²) in [7, 11) is 4.91. The summed E-state index contributed by atoms with van der Waals surface area (Å²) < 4.78 is 10.5. The van der Waals surface area contributed by atoms with E-state index in [-0.39, 0.29) is 5.91 Å². The predicted molar refractivity (Wildman–Crippen MR) is 105 cm³/mol. The van der Waals surface area contributed by atoms with Gasteiger partial charge in [0.25, 0.3) is 0 Å². The van der Waals surface area contributed by atoms with Gasteiger partial charge in [-0.15, -0.1) is 0 Å². The van der Waals surface area contributed by atoms with Crippen LogP contribution in [0, 0.1) is 0 Å².